The maximum atomic E-state index is 12.9. The van der Waals surface area contributed by atoms with E-state index in [0.29, 0.717) is 31.1 Å². The Hall–Kier alpha value is -9.18. The van der Waals surface area contributed by atoms with Gasteiger partial charge in [0.2, 0.25) is 23.6 Å². The Bertz CT molecular complexity index is 4080. The molecule has 0 aliphatic carbocycles. The molecule has 0 bridgehead atoms. The fraction of sp³-hybridized carbons (Fsp3) is 0.576. The Labute approximate surface area is 623 Å². The summed E-state index contributed by atoms with van der Waals surface area (Å²) >= 11 is 1.86. The van der Waals surface area contributed by atoms with Crippen LogP contribution in [0.4, 0.5) is 4.79 Å². The van der Waals surface area contributed by atoms with Gasteiger partial charge in [-0.15, -0.1) is 0 Å². The first kappa shape index (κ1) is 88.7. The van der Waals surface area contributed by atoms with E-state index in [2.05, 4.69) is 97.6 Å². The van der Waals surface area contributed by atoms with E-state index in [0.717, 1.165) is 48.6 Å². The number of thioether (sulfide) groups is 1. The smallest absolute Gasteiger partial charge is 0.490 e. The van der Waals surface area contributed by atoms with Gasteiger partial charge in [0.15, 0.2) is 12.5 Å². The minimum Gasteiger partial charge on any atom is -0.491 e. The van der Waals surface area contributed by atoms with E-state index < -0.39 is 109 Å². The number of carbonyl (C=O) groups excluding carboxylic acids is 7. The monoisotopic (exact) mass is 1610 g/mol. The zero-order valence-corrected chi connectivity index (χ0v) is 61.6. The van der Waals surface area contributed by atoms with E-state index in [1.165, 1.54) is 30.3 Å². The number of aromatic amines is 1. The van der Waals surface area contributed by atoms with Crippen molar-refractivity contribution in [2.45, 2.75) is 106 Å². The lowest BCUT2D eigenvalue weighted by Gasteiger charge is -2.20. The average molecular weight is 1610 g/mol. The molecule has 1 aromatic heterocycles. The van der Waals surface area contributed by atoms with Gasteiger partial charge in [0.1, 0.15) is 62.6 Å². The summed E-state index contributed by atoms with van der Waals surface area (Å²) in [6.07, 6.45) is -0.0310. The predicted octanol–water partition coefficient (Wildman–Crippen LogP) is 1.88. The molecule has 0 spiro atoms. The number of nitrogens with one attached hydrogen (secondary N) is 9. The summed E-state index contributed by atoms with van der Waals surface area (Å²) < 4.78 is 92.1. The van der Waals surface area contributed by atoms with Crippen molar-refractivity contribution in [2.24, 2.45) is 15.3 Å². The van der Waals surface area contributed by atoms with E-state index >= 15 is 0 Å². The number of hydrogen-bond acceptors (Lipinski definition) is 27. The highest BCUT2D eigenvalue weighted by Gasteiger charge is 2.45. The van der Waals surface area contributed by atoms with Crippen molar-refractivity contribution in [3.63, 3.8) is 0 Å². The SMILES string of the molecule is [N-]=[N+]=NCOC1CC(n2cc(C#CCNC(=O)COCCOC(COc3cccc(C(=O)NCCNC(=O)COCCOC(COc4cccc(C(=O)NCCNC(=O)CCCCCNC(=O)CCCCC5SCC6NC(=O)NC65)c4)N=[N+]=[N-])c3)N=[N+]=[N-])c(=O)[nH]c2=O)OC1COP(=O)(O)OP(=O)(O)OP(=O)(O)O. The molecule has 3 aliphatic rings. The molecule has 3 fully saturated rings. The van der Waals surface area contributed by atoms with Crippen LogP contribution in [0.15, 0.2) is 79.7 Å². The number of ether oxygens (including phenoxy) is 8. The molecule has 596 valence electrons. The van der Waals surface area contributed by atoms with Crippen molar-refractivity contribution >= 4 is 76.7 Å². The third kappa shape index (κ3) is 34.5. The standard InChI is InChI=1S/C59H82N19O27P3S/c60-75-69-37-101-44-29-53(103-45(44)31-102-107(91,92)105-108(93,94)104-106(88,89)90)78-30-40(57(85)72-59(78)87)11-8-18-64-49(81)32-95-23-25-97-51(73-76-61)34-100-42-13-7-10-39(28-42)56(84)68-22-20-66-50(82)33-96-24-26-98-52(74-77-62)35-99-41-12-6-9-38(27-41)55(83)67-21-19-65-48(80)15-2-1-5-17-63-47(79)16-4-3-14-46-54-43(36-109-46)70-58(86)71-54/h6-7,9-10,12-13,27-28,30,43-46,51-54H,1-5,14-26,29,31-37H2,(H,63,79)(H,64,81)(H,65,80)(H,66,82)(H,67,83)(H,68,84)(H,91,92)(H,93,94)(H2,70,71,86)(H,72,85,87)(H2,88,89,90). The van der Waals surface area contributed by atoms with Crippen LogP contribution in [0.5, 0.6) is 11.5 Å². The van der Waals surface area contributed by atoms with Crippen molar-refractivity contribution in [3.8, 4) is 23.3 Å². The highest BCUT2D eigenvalue weighted by atomic mass is 32.2. The molecular weight excluding hydrogens is 1530 g/mol. The summed E-state index contributed by atoms with van der Waals surface area (Å²) in [7, 11) is -17.2. The number of benzene rings is 2. The van der Waals surface area contributed by atoms with Gasteiger partial charge in [-0.2, -0.15) is 20.4 Å². The number of unbranched alkanes of at least 4 members (excludes halogenated alkanes) is 3. The Morgan fingerprint density at radius 1 is 0.688 bits per heavy atom. The summed E-state index contributed by atoms with van der Waals surface area (Å²) in [5, 5.41) is 32.7. The zero-order valence-electron chi connectivity index (χ0n) is 58.1. The van der Waals surface area contributed by atoms with Crippen LogP contribution in [0.25, 0.3) is 31.3 Å². The minimum atomic E-state index is -5.87. The molecule has 6 rings (SSSR count). The number of azide groups is 3. The molecule has 3 saturated heterocycles. The maximum absolute atomic E-state index is 12.9. The highest BCUT2D eigenvalue weighted by molar-refractivity contribution is 8.00. The highest BCUT2D eigenvalue weighted by Crippen LogP contribution is 2.66. The summed E-state index contributed by atoms with van der Waals surface area (Å²) in [5.41, 5.74) is 25.0. The molecule has 13 N–H and O–H groups in total. The number of urea groups is 1. The summed E-state index contributed by atoms with van der Waals surface area (Å²) in [4.78, 5) is 159. The van der Waals surface area contributed by atoms with Gasteiger partial charge in [-0.25, -0.2) is 23.3 Å². The van der Waals surface area contributed by atoms with E-state index in [4.69, 9.17) is 64.3 Å². The maximum Gasteiger partial charge on any atom is 0.490 e. The van der Waals surface area contributed by atoms with Crippen molar-refractivity contribution in [1.29, 1.82) is 0 Å². The fourth-order valence-electron chi connectivity index (χ4n) is 10.2. The number of amides is 8. The first-order valence-electron chi connectivity index (χ1n) is 33.4. The topological polar surface area (TPSA) is 651 Å². The largest absolute Gasteiger partial charge is 0.491 e. The van der Waals surface area contributed by atoms with Gasteiger partial charge < -0.3 is 100 Å². The third-order valence-electron chi connectivity index (χ3n) is 15.1. The van der Waals surface area contributed by atoms with Crippen LogP contribution < -0.4 is 63.3 Å². The Morgan fingerprint density at radius 2 is 1.27 bits per heavy atom. The predicted molar refractivity (Wildman–Crippen MR) is 378 cm³/mol. The second-order valence-corrected chi connectivity index (χ2v) is 28.9. The van der Waals surface area contributed by atoms with Gasteiger partial charge >= 0.3 is 35.2 Å². The van der Waals surface area contributed by atoms with Gasteiger partial charge in [-0.1, -0.05) is 52.2 Å². The number of fused-ring (bicyclic) bond motifs is 1. The quantitative estimate of drug-likeness (QED) is 0.00730. The van der Waals surface area contributed by atoms with E-state index in [1.807, 2.05) is 16.7 Å². The lowest BCUT2D eigenvalue weighted by Crippen LogP contribution is -2.36. The van der Waals surface area contributed by atoms with Crippen LogP contribution in [0, 0.1) is 11.8 Å². The van der Waals surface area contributed by atoms with Crippen LogP contribution in [0.3, 0.4) is 0 Å². The van der Waals surface area contributed by atoms with Gasteiger partial charge in [0, 0.05) is 95.0 Å². The average Bonchev–Trinajstić information content (AvgIpc) is 1.71. The Kier molecular flexibility index (Phi) is 38.3. The Morgan fingerprint density at radius 3 is 1.86 bits per heavy atom. The fourth-order valence-corrected chi connectivity index (χ4v) is 14.7. The molecule has 50 heteroatoms. The summed E-state index contributed by atoms with van der Waals surface area (Å²) in [6, 6.07) is 12.4. The van der Waals surface area contributed by atoms with Gasteiger partial charge in [0.05, 0.1) is 57.8 Å². The second kappa shape index (κ2) is 47.0. The third-order valence-corrected chi connectivity index (χ3v) is 20.4. The summed E-state index contributed by atoms with van der Waals surface area (Å²) in [5.74, 6) is 4.11. The lowest BCUT2D eigenvalue weighted by atomic mass is 10.0. The molecule has 4 heterocycles. The number of phosphoric acid groups is 3. The van der Waals surface area contributed by atoms with E-state index in [9.17, 15) is 66.6 Å². The molecule has 3 aliphatic heterocycles. The molecule has 10 unspecified atom stereocenters. The first-order valence-corrected chi connectivity index (χ1v) is 38.9. The molecule has 8 amide bonds. The van der Waals surface area contributed by atoms with Crippen LogP contribution in [-0.4, -0.2) is 224 Å². The molecule has 46 nitrogen and oxygen atoms in total. The first-order chi connectivity index (χ1) is 52.2. The van der Waals surface area contributed by atoms with Gasteiger partial charge in [-0.3, -0.25) is 47.6 Å². The molecule has 2 aromatic carbocycles. The van der Waals surface area contributed by atoms with Crippen LogP contribution >= 0.6 is 35.2 Å². The number of H-pyrrole nitrogens is 1. The molecule has 109 heavy (non-hydrogen) atoms. The van der Waals surface area contributed by atoms with Crippen molar-refractivity contribution in [1.82, 2.24) is 52.1 Å². The molecule has 0 saturated carbocycles. The van der Waals surface area contributed by atoms with Crippen LogP contribution in [-0.2, 0) is 74.4 Å². The zero-order chi connectivity index (χ0) is 79.0. The number of hydrogen-bond donors (Lipinski definition) is 13. The molecular formula is C59H82N19O27P3S. The minimum absolute atomic E-state index is 0.00365. The second-order valence-electron chi connectivity index (χ2n) is 23.2. The van der Waals surface area contributed by atoms with Crippen molar-refractivity contribution < 1.29 is 118 Å². The number of aromatic nitrogens is 2. The van der Waals surface area contributed by atoms with Gasteiger partial charge in [0.25, 0.3) is 17.4 Å². The summed E-state index contributed by atoms with van der Waals surface area (Å²) in [6.45, 7) is -2.97. The number of rotatable bonds is 51. The van der Waals surface area contributed by atoms with Crippen molar-refractivity contribution in [2.75, 3.05) is 111 Å². The van der Waals surface area contributed by atoms with Crippen molar-refractivity contribution in [3.05, 3.63) is 124 Å². The number of phosphoric ester groups is 1. The normalized spacial score (nSPS) is 18.6. The van der Waals surface area contributed by atoms with Crippen LogP contribution in [0.1, 0.15) is 90.3 Å². The molecule has 0 radical (unpaired) electrons. The van der Waals surface area contributed by atoms with E-state index in [-0.39, 0.29) is 144 Å². The lowest BCUT2D eigenvalue weighted by molar-refractivity contribution is -0.127. The van der Waals surface area contributed by atoms with Crippen LogP contribution in [0.2, 0.25) is 0 Å². The van der Waals surface area contributed by atoms with E-state index in [1.54, 1.807) is 18.2 Å². The van der Waals surface area contributed by atoms with Gasteiger partial charge in [-0.05, 0) is 78.7 Å². The molecule has 3 aromatic rings. The number of nitrogens with zero attached hydrogens (tertiary/aromatic N) is 10. The number of carbonyl (C=O) groups is 7. The Balaban J connectivity index is 0.771. The molecule has 10 atom stereocenters.